The summed E-state index contributed by atoms with van der Waals surface area (Å²) in [6, 6.07) is 4.13. The van der Waals surface area contributed by atoms with Crippen molar-refractivity contribution in [2.75, 3.05) is 11.9 Å². The molecule has 0 aromatic heterocycles. The van der Waals surface area contributed by atoms with Crippen LogP contribution in [0.25, 0.3) is 0 Å². The molecular formula is C16H10F5NO4. The maximum atomic E-state index is 13.4. The summed E-state index contributed by atoms with van der Waals surface area (Å²) >= 11 is 0. The number of carbonyl (C=O) groups excluding carboxylic acids is 2. The van der Waals surface area contributed by atoms with Gasteiger partial charge in [-0.1, -0.05) is 12.1 Å². The molecule has 5 nitrogen and oxygen atoms in total. The van der Waals surface area contributed by atoms with Crippen LogP contribution < -0.4 is 5.32 Å². The third kappa shape index (κ3) is 3.58. The summed E-state index contributed by atoms with van der Waals surface area (Å²) in [7, 11) is 0. The minimum Gasteiger partial charge on any atom is -0.507 e. The molecule has 0 saturated heterocycles. The van der Waals surface area contributed by atoms with Crippen molar-refractivity contribution < 1.29 is 41.4 Å². The number of ether oxygens (including phenoxy) is 1. The van der Waals surface area contributed by atoms with Gasteiger partial charge in [0.15, 0.2) is 29.9 Å². The molecule has 0 heterocycles. The fraction of sp³-hybridized carbons (Fsp3) is 0.125. The lowest BCUT2D eigenvalue weighted by molar-refractivity contribution is -0.119. The molecule has 1 amide bonds. The van der Waals surface area contributed by atoms with Crippen LogP contribution in [0.1, 0.15) is 15.9 Å². The Kier molecular flexibility index (Phi) is 5.44. The number of nitrogens with one attached hydrogen (secondary N) is 1. The van der Waals surface area contributed by atoms with E-state index in [2.05, 4.69) is 4.74 Å². The summed E-state index contributed by atoms with van der Waals surface area (Å²) in [5, 5.41) is 11.2. The van der Waals surface area contributed by atoms with Crippen molar-refractivity contribution in [1.29, 1.82) is 0 Å². The van der Waals surface area contributed by atoms with Crippen LogP contribution >= 0.6 is 0 Å². The van der Waals surface area contributed by atoms with E-state index >= 15 is 0 Å². The van der Waals surface area contributed by atoms with E-state index in [1.807, 2.05) is 0 Å². The van der Waals surface area contributed by atoms with Gasteiger partial charge in [0.2, 0.25) is 5.82 Å². The number of aryl methyl sites for hydroxylation is 1. The van der Waals surface area contributed by atoms with Gasteiger partial charge < -0.3 is 15.2 Å². The maximum Gasteiger partial charge on any atom is 0.342 e. The predicted octanol–water partition coefficient (Wildman–Crippen LogP) is 3.19. The van der Waals surface area contributed by atoms with Gasteiger partial charge >= 0.3 is 5.97 Å². The molecule has 0 spiro atoms. The van der Waals surface area contributed by atoms with Gasteiger partial charge in [0.1, 0.15) is 17.0 Å². The molecule has 2 aromatic carbocycles. The molecule has 0 bridgehead atoms. The highest BCUT2D eigenvalue weighted by Gasteiger charge is 2.27. The summed E-state index contributed by atoms with van der Waals surface area (Å²) in [5.41, 5.74) is -1.49. The summed E-state index contributed by atoms with van der Waals surface area (Å²) in [6.07, 6.45) is 0. The lowest BCUT2D eigenvalue weighted by Crippen LogP contribution is -2.23. The minimum atomic E-state index is -2.38. The number of para-hydroxylation sites is 1. The number of hydrogen-bond acceptors (Lipinski definition) is 4. The van der Waals surface area contributed by atoms with Crippen molar-refractivity contribution in [3.63, 3.8) is 0 Å². The first-order valence-corrected chi connectivity index (χ1v) is 6.92. The molecule has 0 saturated carbocycles. The Morgan fingerprint density at radius 3 is 2.12 bits per heavy atom. The number of halogens is 5. The van der Waals surface area contributed by atoms with Crippen LogP contribution in [-0.4, -0.2) is 23.6 Å². The molecule has 0 aliphatic heterocycles. The van der Waals surface area contributed by atoms with E-state index in [0.29, 0.717) is 5.56 Å². The van der Waals surface area contributed by atoms with Crippen LogP contribution in [0.15, 0.2) is 18.2 Å². The first-order chi connectivity index (χ1) is 12.1. The van der Waals surface area contributed by atoms with Gasteiger partial charge in [-0.25, -0.2) is 26.7 Å². The molecule has 0 unspecified atom stereocenters. The fourth-order valence-electron chi connectivity index (χ4n) is 1.92. The van der Waals surface area contributed by atoms with Crippen LogP contribution in [0, 0.1) is 36.0 Å². The van der Waals surface area contributed by atoms with Gasteiger partial charge in [-0.05, 0) is 18.6 Å². The second-order valence-corrected chi connectivity index (χ2v) is 5.04. The normalized spacial score (nSPS) is 10.5. The largest absolute Gasteiger partial charge is 0.507 e. The Balaban J connectivity index is 2.11. The highest BCUT2D eigenvalue weighted by atomic mass is 19.2. The summed E-state index contributed by atoms with van der Waals surface area (Å²) < 4.78 is 70.4. The molecule has 2 N–H and O–H groups in total. The van der Waals surface area contributed by atoms with E-state index in [1.54, 1.807) is 0 Å². The van der Waals surface area contributed by atoms with Gasteiger partial charge in [-0.2, -0.15) is 0 Å². The molecule has 0 atom stereocenters. The van der Waals surface area contributed by atoms with E-state index in [-0.39, 0.29) is 5.56 Å². The molecule has 0 fully saturated rings. The van der Waals surface area contributed by atoms with Crippen molar-refractivity contribution in [3.05, 3.63) is 58.4 Å². The number of aromatic hydroxyl groups is 1. The van der Waals surface area contributed by atoms with Crippen molar-refractivity contribution in [2.45, 2.75) is 6.92 Å². The standard InChI is InChI=1S/C16H10F5NO4/c1-6-3-2-4-7(15(6)24)16(25)26-5-8(23)22-14-12(20)10(18)9(17)11(19)13(14)21/h2-4,24H,5H2,1H3,(H,22,23). The lowest BCUT2D eigenvalue weighted by Gasteiger charge is -2.11. The average Bonchev–Trinajstić information content (AvgIpc) is 2.62. The van der Waals surface area contributed by atoms with E-state index in [0.717, 1.165) is 0 Å². The Labute approximate surface area is 143 Å². The summed E-state index contributed by atoms with van der Waals surface area (Å²) in [4.78, 5) is 23.4. The van der Waals surface area contributed by atoms with Crippen LogP contribution in [0.2, 0.25) is 0 Å². The van der Waals surface area contributed by atoms with E-state index in [4.69, 9.17) is 0 Å². The highest BCUT2D eigenvalue weighted by molar-refractivity contribution is 5.97. The number of phenolic OH excluding ortho intramolecular Hbond substituents is 1. The number of phenols is 1. The second-order valence-electron chi connectivity index (χ2n) is 5.04. The maximum absolute atomic E-state index is 13.4. The van der Waals surface area contributed by atoms with Crippen molar-refractivity contribution >= 4 is 17.6 Å². The first kappa shape index (κ1) is 19.2. The molecule has 0 aliphatic carbocycles. The van der Waals surface area contributed by atoms with Crippen molar-refractivity contribution in [2.24, 2.45) is 0 Å². The Morgan fingerprint density at radius 2 is 1.54 bits per heavy atom. The second kappa shape index (κ2) is 7.38. The zero-order chi connectivity index (χ0) is 19.6. The Bertz CT molecular complexity index is 872. The Morgan fingerprint density at radius 1 is 1.00 bits per heavy atom. The summed E-state index contributed by atoms with van der Waals surface area (Å²) in [5.74, 6) is -14.2. The lowest BCUT2D eigenvalue weighted by atomic mass is 10.1. The summed E-state index contributed by atoms with van der Waals surface area (Å²) in [6.45, 7) is 0.410. The molecule has 0 radical (unpaired) electrons. The fourth-order valence-corrected chi connectivity index (χ4v) is 1.92. The molecular weight excluding hydrogens is 365 g/mol. The highest BCUT2D eigenvalue weighted by Crippen LogP contribution is 2.27. The van der Waals surface area contributed by atoms with Crippen LogP contribution in [0.4, 0.5) is 27.6 Å². The Hall–Kier alpha value is -3.17. The number of rotatable bonds is 4. The van der Waals surface area contributed by atoms with E-state index in [9.17, 15) is 36.6 Å². The number of anilines is 1. The van der Waals surface area contributed by atoms with Crippen molar-refractivity contribution in [3.8, 4) is 5.75 Å². The number of amides is 1. The minimum absolute atomic E-state index is 0.269. The molecule has 0 aliphatic rings. The monoisotopic (exact) mass is 375 g/mol. The zero-order valence-corrected chi connectivity index (χ0v) is 13.0. The van der Waals surface area contributed by atoms with Crippen molar-refractivity contribution in [1.82, 2.24) is 0 Å². The van der Waals surface area contributed by atoms with Gasteiger partial charge in [0.05, 0.1) is 0 Å². The number of carbonyl (C=O) groups is 2. The van der Waals surface area contributed by atoms with Gasteiger partial charge in [0.25, 0.3) is 5.91 Å². The van der Waals surface area contributed by atoms with E-state index < -0.39 is 59.0 Å². The first-order valence-electron chi connectivity index (χ1n) is 6.92. The average molecular weight is 375 g/mol. The topological polar surface area (TPSA) is 75.6 Å². The molecule has 2 aromatic rings. The molecule has 2 rings (SSSR count). The third-order valence-corrected chi connectivity index (χ3v) is 3.27. The number of hydrogen-bond donors (Lipinski definition) is 2. The predicted molar refractivity (Wildman–Crippen MR) is 78.0 cm³/mol. The zero-order valence-electron chi connectivity index (χ0n) is 13.0. The number of benzene rings is 2. The van der Waals surface area contributed by atoms with Crippen LogP contribution in [0.5, 0.6) is 5.75 Å². The van der Waals surface area contributed by atoms with Gasteiger partial charge in [0, 0.05) is 0 Å². The van der Waals surface area contributed by atoms with Crippen LogP contribution in [-0.2, 0) is 9.53 Å². The van der Waals surface area contributed by atoms with Gasteiger partial charge in [-0.15, -0.1) is 0 Å². The molecule has 26 heavy (non-hydrogen) atoms. The molecule has 10 heteroatoms. The molecule has 138 valence electrons. The third-order valence-electron chi connectivity index (χ3n) is 3.27. The smallest absolute Gasteiger partial charge is 0.342 e. The van der Waals surface area contributed by atoms with E-state index in [1.165, 1.54) is 30.4 Å². The van der Waals surface area contributed by atoms with Gasteiger partial charge in [-0.3, -0.25) is 4.79 Å². The SMILES string of the molecule is Cc1cccc(C(=O)OCC(=O)Nc2c(F)c(F)c(F)c(F)c2F)c1O. The quantitative estimate of drug-likeness (QED) is 0.373. The van der Waals surface area contributed by atoms with Crippen LogP contribution in [0.3, 0.4) is 0 Å². The number of esters is 1.